The first-order valence-corrected chi connectivity index (χ1v) is 10.2. The minimum atomic E-state index is -0.0701. The molecule has 30 heavy (non-hydrogen) atoms. The summed E-state index contributed by atoms with van der Waals surface area (Å²) < 4.78 is 3.63. The molecule has 0 spiro atoms. The molecule has 0 radical (unpaired) electrons. The molecule has 3 aromatic heterocycles. The number of hydrogen-bond acceptors (Lipinski definition) is 4. The van der Waals surface area contributed by atoms with Crippen LogP contribution in [0.2, 0.25) is 0 Å². The van der Waals surface area contributed by atoms with Gasteiger partial charge in [0.05, 0.1) is 5.69 Å². The highest BCUT2D eigenvalue weighted by atomic mass is 16.2. The SMILES string of the molecule is Cc1cccc(-c2ccnc3c2c(C)nn3CC(=O)NCCCn2nccc2C)c1. The Balaban J connectivity index is 1.46. The monoisotopic (exact) mass is 402 g/mol. The molecule has 7 nitrogen and oxygen atoms in total. The van der Waals surface area contributed by atoms with Crippen LogP contribution in [0, 0.1) is 20.8 Å². The van der Waals surface area contributed by atoms with Gasteiger partial charge in [0, 0.05) is 36.6 Å². The number of nitrogens with one attached hydrogen (secondary N) is 1. The van der Waals surface area contributed by atoms with Gasteiger partial charge in [0.25, 0.3) is 0 Å². The Hall–Kier alpha value is -3.48. The van der Waals surface area contributed by atoms with E-state index in [2.05, 4.69) is 51.7 Å². The van der Waals surface area contributed by atoms with E-state index in [0.29, 0.717) is 6.54 Å². The molecular weight excluding hydrogens is 376 g/mol. The largest absolute Gasteiger partial charge is 0.354 e. The standard InChI is InChI=1S/C23H26N6O/c1-16-6-4-7-19(14-16)20-9-11-25-23-22(20)18(3)27-29(23)15-21(30)24-10-5-13-28-17(2)8-12-26-28/h4,6-9,11-12,14H,5,10,13,15H2,1-3H3,(H,24,30). The molecule has 1 amide bonds. The van der Waals surface area contributed by atoms with Gasteiger partial charge in [-0.1, -0.05) is 29.8 Å². The van der Waals surface area contributed by atoms with Crippen LogP contribution < -0.4 is 5.32 Å². The Labute approximate surface area is 175 Å². The fourth-order valence-corrected chi connectivity index (χ4v) is 3.73. The molecule has 154 valence electrons. The van der Waals surface area contributed by atoms with Gasteiger partial charge in [0.2, 0.25) is 5.91 Å². The molecule has 0 saturated heterocycles. The fraction of sp³-hybridized carbons (Fsp3) is 0.304. The molecule has 0 unspecified atom stereocenters. The molecule has 3 heterocycles. The van der Waals surface area contributed by atoms with Gasteiger partial charge in [-0.2, -0.15) is 10.2 Å². The van der Waals surface area contributed by atoms with E-state index >= 15 is 0 Å². The molecule has 7 heteroatoms. The van der Waals surface area contributed by atoms with Crippen LogP contribution in [0.15, 0.2) is 48.8 Å². The quantitative estimate of drug-likeness (QED) is 0.481. The van der Waals surface area contributed by atoms with Gasteiger partial charge in [-0.25, -0.2) is 9.67 Å². The van der Waals surface area contributed by atoms with Gasteiger partial charge >= 0.3 is 0 Å². The molecule has 0 aliphatic heterocycles. The summed E-state index contributed by atoms with van der Waals surface area (Å²) in [6.07, 6.45) is 4.39. The Bertz CT molecular complexity index is 1190. The van der Waals surface area contributed by atoms with E-state index in [1.54, 1.807) is 17.1 Å². The highest BCUT2D eigenvalue weighted by Crippen LogP contribution is 2.30. The summed E-state index contributed by atoms with van der Waals surface area (Å²) in [6, 6.07) is 12.4. The van der Waals surface area contributed by atoms with Gasteiger partial charge in [-0.05, 0) is 50.5 Å². The van der Waals surface area contributed by atoms with E-state index in [1.165, 1.54) is 5.56 Å². The summed E-state index contributed by atoms with van der Waals surface area (Å²) in [5.74, 6) is -0.0701. The third kappa shape index (κ3) is 4.10. The average molecular weight is 403 g/mol. The van der Waals surface area contributed by atoms with Crippen molar-refractivity contribution in [1.82, 2.24) is 29.9 Å². The summed E-state index contributed by atoms with van der Waals surface area (Å²) >= 11 is 0. The number of rotatable bonds is 7. The lowest BCUT2D eigenvalue weighted by Gasteiger charge is -2.08. The molecular formula is C23H26N6O. The Morgan fingerprint density at radius 3 is 2.70 bits per heavy atom. The zero-order valence-electron chi connectivity index (χ0n) is 17.6. The molecule has 1 aromatic carbocycles. The minimum absolute atomic E-state index is 0.0701. The number of hydrogen-bond donors (Lipinski definition) is 1. The number of amides is 1. The van der Waals surface area contributed by atoms with Crippen molar-refractivity contribution < 1.29 is 4.79 Å². The van der Waals surface area contributed by atoms with Crippen molar-refractivity contribution in [2.45, 2.75) is 40.3 Å². The minimum Gasteiger partial charge on any atom is -0.354 e. The maximum absolute atomic E-state index is 12.5. The van der Waals surface area contributed by atoms with Crippen molar-refractivity contribution in [2.75, 3.05) is 6.54 Å². The van der Waals surface area contributed by atoms with E-state index in [0.717, 1.165) is 46.5 Å². The van der Waals surface area contributed by atoms with Gasteiger partial charge in [0.15, 0.2) is 5.65 Å². The van der Waals surface area contributed by atoms with Crippen molar-refractivity contribution in [1.29, 1.82) is 0 Å². The van der Waals surface area contributed by atoms with E-state index < -0.39 is 0 Å². The predicted molar refractivity (Wildman–Crippen MR) is 117 cm³/mol. The smallest absolute Gasteiger partial charge is 0.241 e. The third-order valence-electron chi connectivity index (χ3n) is 5.23. The van der Waals surface area contributed by atoms with Gasteiger partial charge < -0.3 is 5.32 Å². The first-order chi connectivity index (χ1) is 14.5. The molecule has 0 atom stereocenters. The zero-order chi connectivity index (χ0) is 21.1. The maximum Gasteiger partial charge on any atom is 0.241 e. The lowest BCUT2D eigenvalue weighted by Crippen LogP contribution is -2.29. The number of pyridine rings is 1. The number of carbonyl (C=O) groups excluding carboxylic acids is 1. The first-order valence-electron chi connectivity index (χ1n) is 10.2. The first kappa shape index (κ1) is 19.8. The number of nitrogens with zero attached hydrogens (tertiary/aromatic N) is 5. The van der Waals surface area contributed by atoms with E-state index in [1.807, 2.05) is 30.7 Å². The van der Waals surface area contributed by atoms with Gasteiger partial charge in [-0.15, -0.1) is 0 Å². The number of aromatic nitrogens is 5. The highest BCUT2D eigenvalue weighted by molar-refractivity contribution is 5.95. The topological polar surface area (TPSA) is 77.6 Å². The Morgan fingerprint density at radius 1 is 1.07 bits per heavy atom. The Morgan fingerprint density at radius 2 is 1.93 bits per heavy atom. The number of benzene rings is 1. The summed E-state index contributed by atoms with van der Waals surface area (Å²) in [5, 5.41) is 12.8. The Kier molecular flexibility index (Phi) is 5.61. The summed E-state index contributed by atoms with van der Waals surface area (Å²) in [6.45, 7) is 7.59. The van der Waals surface area contributed by atoms with E-state index in [-0.39, 0.29) is 12.5 Å². The van der Waals surface area contributed by atoms with Crippen LogP contribution in [0.5, 0.6) is 0 Å². The molecule has 4 aromatic rings. The van der Waals surface area contributed by atoms with Crippen molar-refractivity contribution >= 4 is 16.9 Å². The molecule has 0 aliphatic rings. The van der Waals surface area contributed by atoms with Crippen LogP contribution >= 0.6 is 0 Å². The molecule has 0 aliphatic carbocycles. The maximum atomic E-state index is 12.5. The lowest BCUT2D eigenvalue weighted by molar-refractivity contribution is -0.121. The van der Waals surface area contributed by atoms with E-state index in [4.69, 9.17) is 0 Å². The van der Waals surface area contributed by atoms with Crippen molar-refractivity contribution in [3.63, 3.8) is 0 Å². The highest BCUT2D eigenvalue weighted by Gasteiger charge is 2.15. The van der Waals surface area contributed by atoms with Gasteiger partial charge in [-0.3, -0.25) is 9.48 Å². The molecule has 1 N–H and O–H groups in total. The zero-order valence-corrected chi connectivity index (χ0v) is 17.6. The molecule has 0 saturated carbocycles. The average Bonchev–Trinajstić information content (AvgIpc) is 3.28. The van der Waals surface area contributed by atoms with E-state index in [9.17, 15) is 4.79 Å². The van der Waals surface area contributed by atoms with Crippen LogP contribution in [-0.2, 0) is 17.9 Å². The van der Waals surface area contributed by atoms with Crippen molar-refractivity contribution in [3.8, 4) is 11.1 Å². The van der Waals surface area contributed by atoms with Gasteiger partial charge in [0.1, 0.15) is 6.54 Å². The number of aryl methyl sites for hydroxylation is 4. The number of fused-ring (bicyclic) bond motifs is 1. The fourth-order valence-electron chi connectivity index (χ4n) is 3.73. The predicted octanol–water partition coefficient (Wildman–Crippen LogP) is 3.43. The summed E-state index contributed by atoms with van der Waals surface area (Å²) in [5.41, 5.74) is 6.14. The second-order valence-corrected chi connectivity index (χ2v) is 7.57. The summed E-state index contributed by atoms with van der Waals surface area (Å²) in [4.78, 5) is 17.0. The normalized spacial score (nSPS) is 11.2. The van der Waals surface area contributed by atoms with Crippen molar-refractivity contribution in [2.24, 2.45) is 0 Å². The van der Waals surface area contributed by atoms with Crippen LogP contribution in [0.4, 0.5) is 0 Å². The van der Waals surface area contributed by atoms with Crippen LogP contribution in [0.1, 0.15) is 23.4 Å². The second kappa shape index (κ2) is 8.49. The second-order valence-electron chi connectivity index (χ2n) is 7.57. The lowest BCUT2D eigenvalue weighted by atomic mass is 10.0. The third-order valence-corrected chi connectivity index (χ3v) is 5.23. The van der Waals surface area contributed by atoms with Crippen LogP contribution in [0.25, 0.3) is 22.2 Å². The van der Waals surface area contributed by atoms with Crippen LogP contribution in [0.3, 0.4) is 0 Å². The number of carbonyl (C=O) groups is 1. The van der Waals surface area contributed by atoms with Crippen molar-refractivity contribution in [3.05, 3.63) is 65.7 Å². The van der Waals surface area contributed by atoms with Crippen LogP contribution in [-0.4, -0.2) is 37.0 Å². The molecule has 0 fully saturated rings. The summed E-state index contributed by atoms with van der Waals surface area (Å²) in [7, 11) is 0. The molecule has 4 rings (SSSR count). The molecule has 0 bridgehead atoms.